The van der Waals surface area contributed by atoms with Crippen LogP contribution in [0.1, 0.15) is 33.7 Å². The first-order valence-corrected chi connectivity index (χ1v) is 15.0. The Morgan fingerprint density at radius 1 is 0.500 bits per heavy atom. The zero-order valence-corrected chi connectivity index (χ0v) is 26.0. The number of fused-ring (bicyclic) bond motifs is 6. The largest absolute Gasteiger partial charge is 0.203 e. The summed E-state index contributed by atoms with van der Waals surface area (Å²) >= 11 is 0. The Morgan fingerprint density at radius 3 is 1.50 bits per heavy atom. The Bertz CT molecular complexity index is 2600. The zero-order chi connectivity index (χ0) is 37.5. The van der Waals surface area contributed by atoms with Gasteiger partial charge in [-0.3, -0.25) is 0 Å². The third kappa shape index (κ3) is 4.46. The minimum Gasteiger partial charge on any atom is -0.203 e. The van der Waals surface area contributed by atoms with Gasteiger partial charge in [-0.2, -0.15) is 21.0 Å². The summed E-state index contributed by atoms with van der Waals surface area (Å²) in [5.41, 5.74) is -3.31. The summed E-state index contributed by atoms with van der Waals surface area (Å²) in [5.74, 6) is -19.1. The minimum atomic E-state index is -2.36. The number of benzene rings is 4. The van der Waals surface area contributed by atoms with Crippen molar-refractivity contribution in [3.63, 3.8) is 0 Å². The van der Waals surface area contributed by atoms with E-state index in [1.165, 1.54) is 24.3 Å². The highest BCUT2D eigenvalue weighted by Crippen LogP contribution is 2.59. The Hall–Kier alpha value is -6.83. The molecule has 52 heavy (non-hydrogen) atoms. The molecular formula is C39H13F9N4. The van der Waals surface area contributed by atoms with Crippen LogP contribution in [0.4, 0.5) is 39.5 Å². The van der Waals surface area contributed by atoms with Crippen LogP contribution in [0.2, 0.25) is 0 Å². The van der Waals surface area contributed by atoms with Gasteiger partial charge in [0.15, 0.2) is 46.5 Å². The van der Waals surface area contributed by atoms with E-state index in [9.17, 15) is 51.8 Å². The number of hydrogen-bond acceptors (Lipinski definition) is 4. The molecule has 2 unspecified atom stereocenters. The van der Waals surface area contributed by atoms with Crippen molar-refractivity contribution >= 4 is 16.7 Å². The third-order valence-corrected chi connectivity index (χ3v) is 9.49. The Morgan fingerprint density at radius 2 is 0.962 bits per heavy atom. The predicted molar refractivity (Wildman–Crippen MR) is 167 cm³/mol. The molecule has 0 bridgehead atoms. The number of allylic oxidation sites excluding steroid dienone is 8. The predicted octanol–water partition coefficient (Wildman–Crippen LogP) is 9.93. The van der Waals surface area contributed by atoms with Crippen molar-refractivity contribution in [2.75, 3.05) is 0 Å². The molecule has 4 nitrogen and oxygen atoms in total. The van der Waals surface area contributed by atoms with Gasteiger partial charge in [-0.1, -0.05) is 36.4 Å². The van der Waals surface area contributed by atoms with Crippen LogP contribution in [-0.2, 0) is 0 Å². The van der Waals surface area contributed by atoms with E-state index >= 15 is 8.78 Å². The van der Waals surface area contributed by atoms with Gasteiger partial charge in [0.1, 0.15) is 35.4 Å². The van der Waals surface area contributed by atoms with Gasteiger partial charge in [-0.15, -0.1) is 0 Å². The number of halogens is 9. The molecule has 0 heterocycles. The van der Waals surface area contributed by atoms with Crippen LogP contribution >= 0.6 is 0 Å². The van der Waals surface area contributed by atoms with Gasteiger partial charge in [0, 0.05) is 23.0 Å². The molecule has 0 radical (unpaired) electrons. The van der Waals surface area contributed by atoms with Crippen LogP contribution < -0.4 is 0 Å². The van der Waals surface area contributed by atoms with Gasteiger partial charge < -0.3 is 0 Å². The van der Waals surface area contributed by atoms with Crippen molar-refractivity contribution in [1.29, 1.82) is 21.0 Å². The second-order valence-electron chi connectivity index (χ2n) is 12.0. The van der Waals surface area contributed by atoms with Crippen molar-refractivity contribution in [2.24, 2.45) is 5.92 Å². The summed E-state index contributed by atoms with van der Waals surface area (Å²) in [6, 6.07) is 14.3. The van der Waals surface area contributed by atoms with Crippen LogP contribution in [0.15, 0.2) is 65.3 Å². The van der Waals surface area contributed by atoms with E-state index in [2.05, 4.69) is 0 Å². The number of rotatable bonds is 2. The molecule has 2 atom stereocenters. The van der Waals surface area contributed by atoms with Crippen LogP contribution in [0.3, 0.4) is 0 Å². The second-order valence-corrected chi connectivity index (χ2v) is 12.0. The fraction of sp³-hybridized carbons (Fsp3) is 0.0769. The van der Waals surface area contributed by atoms with Crippen molar-refractivity contribution in [2.45, 2.75) is 12.8 Å². The van der Waals surface area contributed by atoms with Gasteiger partial charge in [0.2, 0.25) is 5.82 Å². The van der Waals surface area contributed by atoms with Gasteiger partial charge in [-0.05, 0) is 69.2 Å². The number of nitrogens with zero attached hydrogens (tertiary/aromatic N) is 4. The Balaban J connectivity index is 1.47. The van der Waals surface area contributed by atoms with E-state index in [0.29, 0.717) is 16.7 Å². The molecule has 0 aliphatic heterocycles. The summed E-state index contributed by atoms with van der Waals surface area (Å²) in [7, 11) is 0. The molecule has 4 aromatic rings. The topological polar surface area (TPSA) is 95.2 Å². The molecule has 3 aliphatic rings. The maximum atomic E-state index is 15.1. The smallest absolute Gasteiger partial charge is 0.200 e. The quantitative estimate of drug-likeness (QED) is 0.0897. The lowest BCUT2D eigenvalue weighted by atomic mass is 9.79. The lowest BCUT2D eigenvalue weighted by Gasteiger charge is -2.23. The van der Waals surface area contributed by atoms with E-state index in [0.717, 1.165) is 19.1 Å². The van der Waals surface area contributed by atoms with E-state index in [-0.39, 0.29) is 33.4 Å². The van der Waals surface area contributed by atoms with Crippen LogP contribution in [0.5, 0.6) is 0 Å². The highest BCUT2D eigenvalue weighted by molar-refractivity contribution is 6.12. The summed E-state index contributed by atoms with van der Waals surface area (Å²) in [5, 5.41) is 39.7. The maximum absolute atomic E-state index is 15.1. The molecule has 4 aromatic carbocycles. The fourth-order valence-electron chi connectivity index (χ4n) is 7.15. The van der Waals surface area contributed by atoms with Crippen molar-refractivity contribution < 1.29 is 39.5 Å². The van der Waals surface area contributed by atoms with Gasteiger partial charge >= 0.3 is 0 Å². The highest BCUT2D eigenvalue weighted by Gasteiger charge is 2.43. The molecule has 0 saturated carbocycles. The molecule has 0 N–H and O–H groups in total. The summed E-state index contributed by atoms with van der Waals surface area (Å²) in [6.07, 6.45) is 3.18. The SMILES string of the molecule is Cc1c(F)c(F)c(-c2ccc3c(c2)C(=C(C#N)C#N)C2=CC4c5ccc(-c6c(F)c(F)c(F)c(F)c6F)cc5C(=C(C#N)C#N)C4C=C23)c(F)c1F. The van der Waals surface area contributed by atoms with E-state index in [4.69, 9.17) is 0 Å². The van der Waals surface area contributed by atoms with Crippen LogP contribution in [0, 0.1) is 111 Å². The average molecular weight is 709 g/mol. The highest BCUT2D eigenvalue weighted by atomic mass is 19.2. The van der Waals surface area contributed by atoms with E-state index in [1.807, 2.05) is 0 Å². The first-order chi connectivity index (χ1) is 24.8. The monoisotopic (exact) mass is 708 g/mol. The first-order valence-electron chi connectivity index (χ1n) is 15.0. The van der Waals surface area contributed by atoms with Gasteiger partial charge in [0.25, 0.3) is 0 Å². The number of nitriles is 4. The third-order valence-electron chi connectivity index (χ3n) is 9.49. The maximum Gasteiger partial charge on any atom is 0.200 e. The van der Waals surface area contributed by atoms with Crippen LogP contribution in [0.25, 0.3) is 39.0 Å². The number of hydrogen-bond donors (Lipinski definition) is 0. The molecule has 252 valence electrons. The molecule has 0 saturated heterocycles. The first kappa shape index (κ1) is 33.7. The molecule has 0 fully saturated rings. The van der Waals surface area contributed by atoms with Crippen molar-refractivity contribution in [1.82, 2.24) is 0 Å². The second kappa shape index (κ2) is 11.9. The Kier molecular flexibility index (Phi) is 7.70. The molecule has 13 heteroatoms. The molecule has 0 aromatic heterocycles. The Labute approximate surface area is 287 Å². The summed E-state index contributed by atoms with van der Waals surface area (Å²) < 4.78 is 131. The van der Waals surface area contributed by atoms with Gasteiger partial charge in [-0.25, -0.2) is 39.5 Å². The van der Waals surface area contributed by atoms with E-state index in [1.54, 1.807) is 36.4 Å². The standard InChI is InChI=1S/C39H13F9N4/c1-14-31(40)33(42)29(34(43)32(14)41)15-2-4-19-21-8-26-22(9-25(21)27(23(19)6-15)17(10-49)11-50)20-5-3-16(7-24(20)28(26)18(12-51)13-52)30-35(44)37(46)39(48)38(47)36(30)45/h2-9,22,26H,1H3. The van der Waals surface area contributed by atoms with E-state index < -0.39 is 97.6 Å². The molecular weight excluding hydrogens is 695 g/mol. The molecule has 3 aliphatic carbocycles. The fourth-order valence-corrected chi connectivity index (χ4v) is 7.15. The average Bonchev–Trinajstić information content (AvgIpc) is 3.63. The van der Waals surface area contributed by atoms with Gasteiger partial charge in [0.05, 0.1) is 11.1 Å². The normalized spacial score (nSPS) is 16.3. The minimum absolute atomic E-state index is 0.00165. The molecule has 0 amide bonds. The molecule has 7 rings (SSSR count). The summed E-state index contributed by atoms with van der Waals surface area (Å²) in [6.45, 7) is 0.863. The van der Waals surface area contributed by atoms with Crippen LogP contribution in [-0.4, -0.2) is 0 Å². The summed E-state index contributed by atoms with van der Waals surface area (Å²) in [4.78, 5) is 0. The lowest BCUT2D eigenvalue weighted by Crippen LogP contribution is -2.09. The van der Waals surface area contributed by atoms with Crippen molar-refractivity contribution in [3.05, 3.63) is 145 Å². The molecule has 0 spiro atoms. The lowest BCUT2D eigenvalue weighted by molar-refractivity contribution is 0.381. The zero-order valence-electron chi connectivity index (χ0n) is 26.0. The van der Waals surface area contributed by atoms with Crippen molar-refractivity contribution in [3.8, 4) is 46.5 Å².